The zero-order valence-corrected chi connectivity index (χ0v) is 17.8. The molecule has 2 N–H and O–H groups in total. The summed E-state index contributed by atoms with van der Waals surface area (Å²) in [7, 11) is 0. The van der Waals surface area contributed by atoms with E-state index in [1.165, 1.54) is 18.2 Å². The molecule has 0 saturated carbocycles. The molecule has 0 aliphatic carbocycles. The maximum Gasteiger partial charge on any atom is 0.418 e. The fraction of sp³-hybridized carbons (Fsp3) is 0.200. The van der Waals surface area contributed by atoms with Gasteiger partial charge in [-0.2, -0.15) is 13.2 Å². The number of anilines is 2. The van der Waals surface area contributed by atoms with Crippen LogP contribution in [-0.2, 0) is 17.4 Å². The van der Waals surface area contributed by atoms with Crippen molar-refractivity contribution >= 4 is 23.2 Å². The zero-order valence-electron chi connectivity index (χ0n) is 17.8. The number of hydrogen-bond donors (Lipinski definition) is 2. The van der Waals surface area contributed by atoms with Gasteiger partial charge in [-0.05, 0) is 67.8 Å². The maximum absolute atomic E-state index is 13.6. The zero-order chi connectivity index (χ0) is 24.0. The molecule has 0 heterocycles. The van der Waals surface area contributed by atoms with Gasteiger partial charge in [0.15, 0.2) is 0 Å². The third kappa shape index (κ3) is 6.90. The Bertz CT molecular complexity index is 1120. The predicted molar refractivity (Wildman–Crippen MR) is 119 cm³/mol. The lowest BCUT2D eigenvalue weighted by molar-refractivity contribution is -0.136. The number of amides is 2. The van der Waals surface area contributed by atoms with Crippen LogP contribution in [0.5, 0.6) is 0 Å². The first-order valence-corrected chi connectivity index (χ1v) is 10.3. The first kappa shape index (κ1) is 24.0. The van der Waals surface area contributed by atoms with Crippen molar-refractivity contribution in [3.8, 4) is 0 Å². The highest BCUT2D eigenvalue weighted by Gasteiger charge is 2.34. The van der Waals surface area contributed by atoms with Gasteiger partial charge < -0.3 is 10.6 Å². The number of rotatable bonds is 7. The van der Waals surface area contributed by atoms with Gasteiger partial charge in [-0.1, -0.05) is 29.8 Å². The number of halogens is 4. The quantitative estimate of drug-likeness (QED) is 0.405. The van der Waals surface area contributed by atoms with Gasteiger partial charge in [0.25, 0.3) is 5.91 Å². The molecule has 0 spiro atoms. The van der Waals surface area contributed by atoms with Crippen molar-refractivity contribution in [3.05, 3.63) is 94.8 Å². The molecule has 0 unspecified atom stereocenters. The highest BCUT2D eigenvalue weighted by Crippen LogP contribution is 2.36. The van der Waals surface area contributed by atoms with E-state index in [1.54, 1.807) is 0 Å². The lowest BCUT2D eigenvalue weighted by Gasteiger charge is -2.16. The van der Waals surface area contributed by atoms with Gasteiger partial charge in [-0.25, -0.2) is 4.39 Å². The number of aryl methyl sites for hydroxylation is 2. The van der Waals surface area contributed by atoms with Gasteiger partial charge >= 0.3 is 6.18 Å². The van der Waals surface area contributed by atoms with Crippen molar-refractivity contribution < 1.29 is 27.2 Å². The molecule has 0 saturated heterocycles. The highest BCUT2D eigenvalue weighted by atomic mass is 19.4. The van der Waals surface area contributed by atoms with E-state index in [4.69, 9.17) is 0 Å². The van der Waals surface area contributed by atoms with Crippen LogP contribution in [0.15, 0.2) is 66.7 Å². The number of benzene rings is 3. The SMILES string of the molecule is Cc1ccc(CCCC(=O)Nc2ccc(NC(=O)c3ccc(F)cc3)cc2C(F)(F)F)cc1. The largest absolute Gasteiger partial charge is 0.418 e. The minimum Gasteiger partial charge on any atom is -0.326 e. The van der Waals surface area contributed by atoms with Gasteiger partial charge in [0, 0.05) is 17.7 Å². The number of carbonyl (C=O) groups excluding carboxylic acids is 2. The average molecular weight is 458 g/mol. The van der Waals surface area contributed by atoms with Crippen molar-refractivity contribution in [2.75, 3.05) is 10.6 Å². The van der Waals surface area contributed by atoms with Crippen LogP contribution >= 0.6 is 0 Å². The summed E-state index contributed by atoms with van der Waals surface area (Å²) in [6, 6.07) is 15.5. The topological polar surface area (TPSA) is 58.2 Å². The van der Waals surface area contributed by atoms with Crippen LogP contribution < -0.4 is 10.6 Å². The molecule has 0 atom stereocenters. The van der Waals surface area contributed by atoms with E-state index in [1.807, 2.05) is 31.2 Å². The minimum atomic E-state index is -4.75. The molecule has 3 rings (SSSR count). The van der Waals surface area contributed by atoms with Crippen LogP contribution in [0, 0.1) is 12.7 Å². The molecule has 0 bridgehead atoms. The van der Waals surface area contributed by atoms with Crippen molar-refractivity contribution in [2.24, 2.45) is 0 Å². The molecule has 8 heteroatoms. The molecule has 0 aliphatic rings. The van der Waals surface area contributed by atoms with Crippen LogP contribution in [-0.4, -0.2) is 11.8 Å². The molecule has 3 aromatic rings. The summed E-state index contributed by atoms with van der Waals surface area (Å²) >= 11 is 0. The van der Waals surface area contributed by atoms with Gasteiger partial charge in [0.2, 0.25) is 5.91 Å². The van der Waals surface area contributed by atoms with Crippen LogP contribution in [0.1, 0.15) is 39.9 Å². The second-order valence-corrected chi connectivity index (χ2v) is 7.61. The van der Waals surface area contributed by atoms with Gasteiger partial charge in [0.05, 0.1) is 11.3 Å². The van der Waals surface area contributed by atoms with E-state index in [-0.39, 0.29) is 23.4 Å². The molecule has 4 nitrogen and oxygen atoms in total. The summed E-state index contributed by atoms with van der Waals surface area (Å²) in [5, 5.41) is 4.67. The Hall–Kier alpha value is -3.68. The second kappa shape index (κ2) is 10.3. The number of carbonyl (C=O) groups is 2. The Kier molecular flexibility index (Phi) is 7.48. The van der Waals surface area contributed by atoms with E-state index in [0.717, 1.165) is 35.4 Å². The van der Waals surface area contributed by atoms with Crippen molar-refractivity contribution in [1.82, 2.24) is 0 Å². The van der Waals surface area contributed by atoms with E-state index in [0.29, 0.717) is 12.8 Å². The summed E-state index contributed by atoms with van der Waals surface area (Å²) in [4.78, 5) is 24.5. The van der Waals surface area contributed by atoms with Gasteiger partial charge in [-0.3, -0.25) is 9.59 Å². The van der Waals surface area contributed by atoms with Crippen molar-refractivity contribution in [3.63, 3.8) is 0 Å². The predicted octanol–water partition coefficient (Wildman–Crippen LogP) is 6.37. The van der Waals surface area contributed by atoms with E-state index in [9.17, 15) is 27.2 Å². The number of hydrogen-bond acceptors (Lipinski definition) is 2. The Labute approximate surface area is 188 Å². The minimum absolute atomic E-state index is 0.0637. The van der Waals surface area contributed by atoms with Crippen LogP contribution in [0.4, 0.5) is 28.9 Å². The Morgan fingerprint density at radius 2 is 1.55 bits per heavy atom. The first-order valence-electron chi connectivity index (χ1n) is 10.3. The lowest BCUT2D eigenvalue weighted by atomic mass is 10.1. The Balaban J connectivity index is 1.66. The van der Waals surface area contributed by atoms with Crippen molar-refractivity contribution in [1.29, 1.82) is 0 Å². The Morgan fingerprint density at radius 3 is 2.18 bits per heavy atom. The smallest absolute Gasteiger partial charge is 0.326 e. The summed E-state index contributed by atoms with van der Waals surface area (Å²) in [5.74, 6) is -1.75. The molecule has 0 radical (unpaired) electrons. The third-order valence-electron chi connectivity index (χ3n) is 4.95. The second-order valence-electron chi connectivity index (χ2n) is 7.61. The van der Waals surface area contributed by atoms with Gasteiger partial charge in [0.1, 0.15) is 5.82 Å². The fourth-order valence-electron chi connectivity index (χ4n) is 3.19. The summed E-state index contributed by atoms with van der Waals surface area (Å²) in [6.07, 6.45) is -3.56. The summed E-state index contributed by atoms with van der Waals surface area (Å²) < 4.78 is 53.7. The standard InChI is InChI=1S/C25H22F4N2O2/c1-16-5-7-17(8-6-16)3-2-4-23(32)31-22-14-13-20(15-21(22)25(27,28)29)30-24(33)18-9-11-19(26)12-10-18/h5-15H,2-4H2,1H3,(H,30,33)(H,31,32). The third-order valence-corrected chi connectivity index (χ3v) is 4.95. The van der Waals surface area contributed by atoms with E-state index >= 15 is 0 Å². The molecule has 0 aromatic heterocycles. The van der Waals surface area contributed by atoms with Crippen LogP contribution in [0.3, 0.4) is 0 Å². The first-order chi connectivity index (χ1) is 15.6. The molecular weight excluding hydrogens is 436 g/mol. The summed E-state index contributed by atoms with van der Waals surface area (Å²) in [5.41, 5.74) is 0.693. The van der Waals surface area contributed by atoms with E-state index < -0.39 is 29.4 Å². The van der Waals surface area contributed by atoms with Gasteiger partial charge in [-0.15, -0.1) is 0 Å². The molecule has 172 valence electrons. The molecule has 0 aliphatic heterocycles. The average Bonchev–Trinajstić information content (AvgIpc) is 2.76. The molecule has 3 aromatic carbocycles. The number of nitrogens with one attached hydrogen (secondary N) is 2. The Morgan fingerprint density at radius 1 is 0.879 bits per heavy atom. The normalized spacial score (nSPS) is 11.2. The highest BCUT2D eigenvalue weighted by molar-refractivity contribution is 6.04. The van der Waals surface area contributed by atoms with Crippen LogP contribution in [0.2, 0.25) is 0 Å². The monoisotopic (exact) mass is 458 g/mol. The fourth-order valence-corrected chi connectivity index (χ4v) is 3.19. The maximum atomic E-state index is 13.6. The van der Waals surface area contributed by atoms with E-state index in [2.05, 4.69) is 10.6 Å². The van der Waals surface area contributed by atoms with Crippen LogP contribution in [0.25, 0.3) is 0 Å². The van der Waals surface area contributed by atoms with Crippen molar-refractivity contribution in [2.45, 2.75) is 32.4 Å². The molecule has 2 amide bonds. The summed E-state index contributed by atoms with van der Waals surface area (Å²) in [6.45, 7) is 1.97. The lowest BCUT2D eigenvalue weighted by Crippen LogP contribution is -2.18. The molecule has 0 fully saturated rings. The molecular formula is C25H22F4N2O2. The number of alkyl halides is 3. The molecule has 33 heavy (non-hydrogen) atoms.